The SMILES string of the molecule is CCC(C)(O)CNC(=O)CC(C)(C(=O)O)C(C)C. The lowest BCUT2D eigenvalue weighted by Crippen LogP contribution is -2.44. The molecule has 2 unspecified atom stereocenters. The summed E-state index contributed by atoms with van der Waals surface area (Å²) >= 11 is 0. The molecule has 5 heteroatoms. The molecule has 106 valence electrons. The summed E-state index contributed by atoms with van der Waals surface area (Å²) in [5, 5.41) is 21.5. The minimum atomic E-state index is -1.08. The highest BCUT2D eigenvalue weighted by Crippen LogP contribution is 2.31. The zero-order valence-electron chi connectivity index (χ0n) is 11.9. The van der Waals surface area contributed by atoms with E-state index in [1.165, 1.54) is 0 Å². The third-order valence-electron chi connectivity index (χ3n) is 3.72. The van der Waals surface area contributed by atoms with Crippen molar-refractivity contribution in [1.29, 1.82) is 0 Å². The number of carbonyl (C=O) groups excluding carboxylic acids is 1. The van der Waals surface area contributed by atoms with Crippen LogP contribution in [0.5, 0.6) is 0 Å². The molecule has 0 heterocycles. The second-order valence-electron chi connectivity index (χ2n) is 5.68. The number of amides is 1. The fourth-order valence-corrected chi connectivity index (χ4v) is 1.34. The van der Waals surface area contributed by atoms with Crippen LogP contribution in [-0.2, 0) is 9.59 Å². The Kier molecular flexibility index (Phi) is 5.80. The molecule has 1 amide bonds. The number of nitrogens with one attached hydrogen (secondary N) is 1. The molecule has 0 radical (unpaired) electrons. The molecule has 0 spiro atoms. The van der Waals surface area contributed by atoms with E-state index in [-0.39, 0.29) is 24.8 Å². The van der Waals surface area contributed by atoms with Crippen LogP contribution in [0.3, 0.4) is 0 Å². The number of aliphatic carboxylic acids is 1. The fourth-order valence-electron chi connectivity index (χ4n) is 1.34. The van der Waals surface area contributed by atoms with E-state index >= 15 is 0 Å². The molecule has 0 aromatic heterocycles. The van der Waals surface area contributed by atoms with Crippen molar-refractivity contribution in [3.8, 4) is 0 Å². The quantitative estimate of drug-likeness (QED) is 0.645. The normalized spacial score (nSPS) is 17.9. The van der Waals surface area contributed by atoms with E-state index in [4.69, 9.17) is 0 Å². The number of carboxylic acids is 1. The summed E-state index contributed by atoms with van der Waals surface area (Å²) in [5.74, 6) is -1.47. The van der Waals surface area contributed by atoms with Gasteiger partial charge in [0.1, 0.15) is 0 Å². The first kappa shape index (κ1) is 16.9. The topological polar surface area (TPSA) is 86.6 Å². The van der Waals surface area contributed by atoms with Crippen molar-refractivity contribution in [2.24, 2.45) is 11.3 Å². The van der Waals surface area contributed by atoms with Crippen LogP contribution < -0.4 is 5.32 Å². The molecule has 0 aromatic carbocycles. The molecule has 18 heavy (non-hydrogen) atoms. The molecular weight excluding hydrogens is 234 g/mol. The Labute approximate surface area is 109 Å². The van der Waals surface area contributed by atoms with E-state index in [0.29, 0.717) is 6.42 Å². The number of aliphatic hydroxyl groups is 1. The third-order valence-corrected chi connectivity index (χ3v) is 3.72. The summed E-state index contributed by atoms with van der Waals surface area (Å²) in [7, 11) is 0. The van der Waals surface area contributed by atoms with Crippen molar-refractivity contribution in [3.63, 3.8) is 0 Å². The molecule has 0 aliphatic rings. The van der Waals surface area contributed by atoms with E-state index in [0.717, 1.165) is 0 Å². The summed E-state index contributed by atoms with van der Waals surface area (Å²) in [6, 6.07) is 0. The van der Waals surface area contributed by atoms with Crippen molar-refractivity contribution >= 4 is 11.9 Å². The van der Waals surface area contributed by atoms with E-state index in [2.05, 4.69) is 5.32 Å². The molecule has 5 nitrogen and oxygen atoms in total. The zero-order chi connectivity index (χ0) is 14.6. The van der Waals surface area contributed by atoms with Crippen molar-refractivity contribution in [2.45, 2.75) is 53.1 Å². The summed E-state index contributed by atoms with van der Waals surface area (Å²) in [5.41, 5.74) is -2.03. The second-order valence-corrected chi connectivity index (χ2v) is 5.68. The highest BCUT2D eigenvalue weighted by atomic mass is 16.4. The van der Waals surface area contributed by atoms with Gasteiger partial charge in [-0.1, -0.05) is 20.8 Å². The number of carbonyl (C=O) groups is 2. The summed E-state index contributed by atoms with van der Waals surface area (Å²) in [6.07, 6.45) is 0.438. The zero-order valence-corrected chi connectivity index (χ0v) is 11.9. The minimum Gasteiger partial charge on any atom is -0.481 e. The van der Waals surface area contributed by atoms with Gasteiger partial charge < -0.3 is 15.5 Å². The monoisotopic (exact) mass is 259 g/mol. The maximum absolute atomic E-state index is 11.7. The van der Waals surface area contributed by atoms with Gasteiger partial charge in [0.25, 0.3) is 0 Å². The Morgan fingerprint density at radius 2 is 1.78 bits per heavy atom. The van der Waals surface area contributed by atoms with Crippen molar-refractivity contribution < 1.29 is 19.8 Å². The van der Waals surface area contributed by atoms with Crippen molar-refractivity contribution in [1.82, 2.24) is 5.32 Å². The van der Waals surface area contributed by atoms with Crippen LogP contribution in [0.1, 0.15) is 47.5 Å². The Hall–Kier alpha value is -1.10. The van der Waals surface area contributed by atoms with Gasteiger partial charge in [-0.25, -0.2) is 0 Å². The van der Waals surface area contributed by atoms with Crippen LogP contribution in [-0.4, -0.2) is 34.2 Å². The summed E-state index contributed by atoms with van der Waals surface area (Å²) in [6.45, 7) is 8.72. The molecule has 3 N–H and O–H groups in total. The Balaban J connectivity index is 4.51. The summed E-state index contributed by atoms with van der Waals surface area (Å²) < 4.78 is 0. The molecule has 0 bridgehead atoms. The lowest BCUT2D eigenvalue weighted by molar-refractivity contribution is -0.153. The largest absolute Gasteiger partial charge is 0.481 e. The average Bonchev–Trinajstić information content (AvgIpc) is 2.26. The van der Waals surface area contributed by atoms with Gasteiger partial charge in [-0.3, -0.25) is 9.59 Å². The van der Waals surface area contributed by atoms with Gasteiger partial charge in [-0.2, -0.15) is 0 Å². The molecule has 0 aliphatic carbocycles. The van der Waals surface area contributed by atoms with Crippen LogP contribution in [0.4, 0.5) is 0 Å². The van der Waals surface area contributed by atoms with Crippen LogP contribution in [0.25, 0.3) is 0 Å². The first-order valence-electron chi connectivity index (χ1n) is 6.27. The van der Waals surface area contributed by atoms with Crippen LogP contribution >= 0.6 is 0 Å². The van der Waals surface area contributed by atoms with E-state index < -0.39 is 17.0 Å². The summed E-state index contributed by atoms with van der Waals surface area (Å²) in [4.78, 5) is 23.0. The van der Waals surface area contributed by atoms with Crippen LogP contribution in [0.15, 0.2) is 0 Å². The van der Waals surface area contributed by atoms with E-state index in [1.807, 2.05) is 6.92 Å². The number of rotatable bonds is 7. The molecule has 0 saturated heterocycles. The first-order chi connectivity index (χ1) is 8.05. The lowest BCUT2D eigenvalue weighted by Gasteiger charge is -2.29. The molecule has 0 saturated carbocycles. The highest BCUT2D eigenvalue weighted by molar-refractivity contribution is 5.84. The average molecular weight is 259 g/mol. The predicted molar refractivity (Wildman–Crippen MR) is 69.1 cm³/mol. The maximum atomic E-state index is 11.7. The standard InChI is InChI=1S/C13H25NO4/c1-6-12(4,18)8-14-10(15)7-13(5,9(2)3)11(16)17/h9,18H,6-8H2,1-5H3,(H,14,15)(H,16,17). The molecule has 0 rings (SSSR count). The van der Waals surface area contributed by atoms with Gasteiger partial charge in [-0.05, 0) is 26.2 Å². The van der Waals surface area contributed by atoms with Gasteiger partial charge in [0.05, 0.1) is 11.0 Å². The van der Waals surface area contributed by atoms with E-state index in [9.17, 15) is 19.8 Å². The van der Waals surface area contributed by atoms with E-state index in [1.54, 1.807) is 27.7 Å². The Bertz CT molecular complexity index is 312. The van der Waals surface area contributed by atoms with Gasteiger partial charge in [0.2, 0.25) is 5.91 Å². The van der Waals surface area contributed by atoms with Crippen molar-refractivity contribution in [2.75, 3.05) is 6.54 Å². The molecule has 0 aliphatic heterocycles. The Morgan fingerprint density at radius 1 is 1.28 bits per heavy atom. The molecule has 0 aromatic rings. The number of carboxylic acid groups (broad SMARTS) is 1. The van der Waals surface area contributed by atoms with Crippen molar-refractivity contribution in [3.05, 3.63) is 0 Å². The second kappa shape index (κ2) is 6.18. The third kappa shape index (κ3) is 4.64. The Morgan fingerprint density at radius 3 is 2.11 bits per heavy atom. The van der Waals surface area contributed by atoms with Gasteiger partial charge >= 0.3 is 5.97 Å². The van der Waals surface area contributed by atoms with Gasteiger partial charge in [-0.15, -0.1) is 0 Å². The van der Waals surface area contributed by atoms with Gasteiger partial charge in [0.15, 0.2) is 0 Å². The lowest BCUT2D eigenvalue weighted by atomic mass is 9.76. The minimum absolute atomic E-state index is 0.0835. The fraction of sp³-hybridized carbons (Fsp3) is 0.846. The predicted octanol–water partition coefficient (Wildman–Crippen LogP) is 1.40. The smallest absolute Gasteiger partial charge is 0.310 e. The van der Waals surface area contributed by atoms with Crippen LogP contribution in [0, 0.1) is 11.3 Å². The van der Waals surface area contributed by atoms with Gasteiger partial charge in [0, 0.05) is 13.0 Å². The first-order valence-corrected chi connectivity index (χ1v) is 6.27. The number of hydrogen-bond donors (Lipinski definition) is 3. The molecular formula is C13H25NO4. The maximum Gasteiger partial charge on any atom is 0.310 e. The number of hydrogen-bond acceptors (Lipinski definition) is 3. The van der Waals surface area contributed by atoms with Crippen LogP contribution in [0.2, 0.25) is 0 Å². The molecule has 2 atom stereocenters. The molecule has 0 fully saturated rings. The highest BCUT2D eigenvalue weighted by Gasteiger charge is 2.38.